The van der Waals surface area contributed by atoms with Crippen LogP contribution in [0.15, 0.2) is 42.7 Å². The molecule has 2 aromatic heterocycles. The number of benzene rings is 2. The van der Waals surface area contributed by atoms with Gasteiger partial charge in [0, 0.05) is 93.4 Å². The van der Waals surface area contributed by atoms with Gasteiger partial charge in [0.05, 0.1) is 30.6 Å². The second-order valence-electron chi connectivity index (χ2n) is 19.5. The Kier molecular flexibility index (Phi) is 10.6. The SMILES string of the molecule is COc1c(N2CCC(CN3CCN(CC4CCN(c5cc(-c6n[nH]c7ccc(OC8(C)CC8)cc67)ncn5)CC4)CC3(C)C)CC2)ccc2c1CN(C1CCC(=O)NC1=O)C2=O. The second-order valence-corrected chi connectivity index (χ2v) is 19.5. The molecule has 1 unspecified atom stereocenters. The number of carbonyl (C=O) groups is 3. The topological polar surface area (TPSA) is 152 Å². The number of piperazine rings is 1. The van der Waals surface area contributed by atoms with Crippen molar-refractivity contribution < 1.29 is 23.9 Å². The summed E-state index contributed by atoms with van der Waals surface area (Å²) in [5, 5.41) is 11.2. The lowest BCUT2D eigenvalue weighted by Crippen LogP contribution is -2.61. The average molecular weight is 845 g/mol. The molecule has 15 nitrogen and oxygen atoms in total. The van der Waals surface area contributed by atoms with E-state index in [-0.39, 0.29) is 29.4 Å². The van der Waals surface area contributed by atoms with Crippen LogP contribution in [0.3, 0.4) is 0 Å². The van der Waals surface area contributed by atoms with Crippen molar-refractivity contribution in [1.29, 1.82) is 0 Å². The first-order valence-electron chi connectivity index (χ1n) is 22.7. The van der Waals surface area contributed by atoms with E-state index >= 15 is 0 Å². The molecule has 0 radical (unpaired) electrons. The summed E-state index contributed by atoms with van der Waals surface area (Å²) in [6.07, 6.45) is 8.91. The average Bonchev–Trinajstić information content (AvgIpc) is 3.68. The summed E-state index contributed by atoms with van der Waals surface area (Å²) in [7, 11) is 1.66. The molecule has 1 saturated carbocycles. The number of hydrogen-bond acceptors (Lipinski definition) is 12. The first-order chi connectivity index (χ1) is 29.9. The number of methoxy groups -OCH3 is 1. The van der Waals surface area contributed by atoms with E-state index in [0.717, 1.165) is 148 Å². The van der Waals surface area contributed by atoms with Crippen LogP contribution in [0.1, 0.15) is 88.1 Å². The highest BCUT2D eigenvalue weighted by Crippen LogP contribution is 2.43. The molecule has 6 aliphatic rings. The van der Waals surface area contributed by atoms with E-state index in [4.69, 9.17) is 14.5 Å². The van der Waals surface area contributed by atoms with Gasteiger partial charge >= 0.3 is 0 Å². The minimum absolute atomic E-state index is 0.0420. The highest BCUT2D eigenvalue weighted by atomic mass is 16.5. The Labute approximate surface area is 363 Å². The number of ether oxygens (including phenoxy) is 2. The maximum Gasteiger partial charge on any atom is 0.255 e. The van der Waals surface area contributed by atoms with Gasteiger partial charge in [0.25, 0.3) is 5.91 Å². The molecule has 4 aromatic rings. The molecule has 5 fully saturated rings. The summed E-state index contributed by atoms with van der Waals surface area (Å²) < 4.78 is 12.2. The summed E-state index contributed by atoms with van der Waals surface area (Å²) >= 11 is 0. The predicted molar refractivity (Wildman–Crippen MR) is 236 cm³/mol. The summed E-state index contributed by atoms with van der Waals surface area (Å²) in [5.74, 6) is 2.97. The monoisotopic (exact) mass is 844 g/mol. The summed E-state index contributed by atoms with van der Waals surface area (Å²) in [5.41, 5.74) is 5.09. The van der Waals surface area contributed by atoms with Crippen LogP contribution in [0.25, 0.3) is 22.3 Å². The van der Waals surface area contributed by atoms with E-state index in [1.807, 2.05) is 24.3 Å². The lowest BCUT2D eigenvalue weighted by Gasteiger charge is -2.50. The number of H-pyrrole nitrogens is 1. The molecule has 1 aliphatic carbocycles. The van der Waals surface area contributed by atoms with Crippen LogP contribution in [-0.4, -0.2) is 136 Å². The predicted octanol–water partition coefficient (Wildman–Crippen LogP) is 5.25. The van der Waals surface area contributed by atoms with Crippen molar-refractivity contribution in [2.45, 2.75) is 95.9 Å². The van der Waals surface area contributed by atoms with Crippen LogP contribution in [0, 0.1) is 11.8 Å². The van der Waals surface area contributed by atoms with Crippen molar-refractivity contribution in [3.63, 3.8) is 0 Å². The van der Waals surface area contributed by atoms with Crippen LogP contribution in [0.2, 0.25) is 0 Å². The van der Waals surface area contributed by atoms with Gasteiger partial charge in [-0.05, 0) is 108 Å². The summed E-state index contributed by atoms with van der Waals surface area (Å²) in [4.78, 5) is 59.0. The zero-order valence-corrected chi connectivity index (χ0v) is 36.6. The molecule has 328 valence electrons. The number of aromatic amines is 1. The maximum atomic E-state index is 13.4. The first-order valence-corrected chi connectivity index (χ1v) is 22.7. The van der Waals surface area contributed by atoms with E-state index in [1.165, 1.54) is 0 Å². The number of aromatic nitrogens is 4. The van der Waals surface area contributed by atoms with Crippen molar-refractivity contribution in [3.8, 4) is 22.9 Å². The van der Waals surface area contributed by atoms with Gasteiger partial charge in [0.1, 0.15) is 41.0 Å². The molecule has 10 rings (SSSR count). The third-order valence-corrected chi connectivity index (χ3v) is 14.6. The van der Waals surface area contributed by atoms with Crippen LogP contribution in [0.4, 0.5) is 11.5 Å². The zero-order chi connectivity index (χ0) is 42.8. The van der Waals surface area contributed by atoms with Crippen molar-refractivity contribution >= 4 is 40.1 Å². The molecule has 3 amide bonds. The Morgan fingerprint density at radius 1 is 0.839 bits per heavy atom. The molecule has 62 heavy (non-hydrogen) atoms. The molecule has 0 spiro atoms. The number of nitrogens with one attached hydrogen (secondary N) is 2. The Bertz CT molecular complexity index is 2360. The van der Waals surface area contributed by atoms with Gasteiger partial charge in [0.15, 0.2) is 0 Å². The summed E-state index contributed by atoms with van der Waals surface area (Å²) in [6.45, 7) is 16.6. The van der Waals surface area contributed by atoms with Gasteiger partial charge < -0.3 is 24.2 Å². The molecule has 4 saturated heterocycles. The van der Waals surface area contributed by atoms with E-state index in [2.05, 4.69) is 73.0 Å². The van der Waals surface area contributed by atoms with Crippen molar-refractivity contribution in [3.05, 3.63) is 53.9 Å². The molecule has 2 aromatic carbocycles. The number of carbonyl (C=O) groups excluding carboxylic acids is 3. The summed E-state index contributed by atoms with van der Waals surface area (Å²) in [6, 6.07) is 11.5. The number of nitrogens with zero attached hydrogens (tertiary/aromatic N) is 8. The number of rotatable bonds is 11. The molecule has 1 atom stereocenters. The number of fused-ring (bicyclic) bond motifs is 2. The van der Waals surface area contributed by atoms with Gasteiger partial charge in [-0.1, -0.05) is 0 Å². The number of imide groups is 1. The van der Waals surface area contributed by atoms with E-state index in [0.29, 0.717) is 30.4 Å². The van der Waals surface area contributed by atoms with E-state index in [9.17, 15) is 14.4 Å². The second kappa shape index (κ2) is 16.1. The quantitative estimate of drug-likeness (QED) is 0.190. The Balaban J connectivity index is 0.699. The minimum Gasteiger partial charge on any atom is -0.494 e. The minimum atomic E-state index is -0.645. The highest BCUT2D eigenvalue weighted by molar-refractivity contribution is 6.06. The van der Waals surface area contributed by atoms with Crippen LogP contribution < -0.4 is 24.6 Å². The first kappa shape index (κ1) is 40.8. The lowest BCUT2D eigenvalue weighted by molar-refractivity contribution is -0.136. The Morgan fingerprint density at radius 3 is 2.32 bits per heavy atom. The van der Waals surface area contributed by atoms with Crippen molar-refractivity contribution in [2.75, 3.05) is 75.8 Å². The molecule has 5 aliphatic heterocycles. The van der Waals surface area contributed by atoms with Crippen LogP contribution in [-0.2, 0) is 16.1 Å². The maximum absolute atomic E-state index is 13.4. The van der Waals surface area contributed by atoms with E-state index in [1.54, 1.807) is 18.3 Å². The number of anilines is 2. The normalized spacial score (nSPS) is 23.5. The molecule has 15 heteroatoms. The third kappa shape index (κ3) is 7.97. The Hall–Kier alpha value is -5.28. The molecular formula is C47H60N10O5. The van der Waals surface area contributed by atoms with Crippen LogP contribution >= 0.6 is 0 Å². The van der Waals surface area contributed by atoms with Gasteiger partial charge in [-0.2, -0.15) is 5.10 Å². The molecule has 2 N–H and O–H groups in total. The van der Waals surface area contributed by atoms with Crippen molar-refractivity contribution in [1.82, 2.24) is 40.2 Å². The number of piperidine rings is 3. The number of hydrogen-bond donors (Lipinski definition) is 2. The van der Waals surface area contributed by atoms with Gasteiger partial charge in [-0.25, -0.2) is 9.97 Å². The van der Waals surface area contributed by atoms with Crippen molar-refractivity contribution in [2.24, 2.45) is 11.8 Å². The fourth-order valence-corrected chi connectivity index (χ4v) is 10.7. The molecule has 0 bridgehead atoms. The van der Waals surface area contributed by atoms with Crippen LogP contribution in [0.5, 0.6) is 11.5 Å². The fourth-order valence-electron chi connectivity index (χ4n) is 10.7. The molecular weight excluding hydrogens is 785 g/mol. The standard InChI is InChI=1S/C47H60N10O5/c1-46(2)28-53(25-30-13-19-55(20-14-30)40-24-37(48-29-49-40)42-34-23-32(62-47(3)15-16-47)5-7-36(34)51-52-42)21-22-56(46)26-31-11-17-54(18-12-31)38-8-6-33-35(43(38)61-4)27-57(45(33)60)39-9-10-41(58)50-44(39)59/h5-8,23-24,29-31,39H,9-22,25-28H2,1-4H3,(H,51,52)(H,50,58,59). The van der Waals surface area contributed by atoms with Gasteiger partial charge in [-0.3, -0.25) is 34.6 Å². The van der Waals surface area contributed by atoms with E-state index < -0.39 is 11.9 Å². The third-order valence-electron chi connectivity index (χ3n) is 14.6. The fraction of sp³-hybridized carbons (Fsp3) is 0.574. The smallest absolute Gasteiger partial charge is 0.255 e. The Morgan fingerprint density at radius 2 is 1.60 bits per heavy atom. The van der Waals surface area contributed by atoms with Gasteiger partial charge in [-0.15, -0.1) is 0 Å². The molecule has 7 heterocycles. The highest BCUT2D eigenvalue weighted by Gasteiger charge is 2.42. The lowest BCUT2D eigenvalue weighted by atomic mass is 9.90. The zero-order valence-electron chi connectivity index (χ0n) is 36.6. The largest absolute Gasteiger partial charge is 0.494 e. The number of amides is 3. The van der Waals surface area contributed by atoms with Gasteiger partial charge in [0.2, 0.25) is 11.8 Å².